The van der Waals surface area contributed by atoms with Crippen LogP contribution in [0.25, 0.3) is 0 Å². The van der Waals surface area contributed by atoms with Crippen molar-refractivity contribution in [2.24, 2.45) is 4.99 Å². The van der Waals surface area contributed by atoms with Gasteiger partial charge in [-0.05, 0) is 30.4 Å². The smallest absolute Gasteiger partial charge is 0.338 e. The van der Waals surface area contributed by atoms with Crippen molar-refractivity contribution >= 4 is 28.8 Å². The molecule has 1 amide bonds. The minimum Gasteiger partial charge on any atom is -0.466 e. The van der Waals surface area contributed by atoms with Crippen molar-refractivity contribution in [3.8, 4) is 0 Å². The number of methoxy groups -OCH3 is 1. The van der Waals surface area contributed by atoms with E-state index in [2.05, 4.69) is 31.0 Å². The van der Waals surface area contributed by atoms with Gasteiger partial charge in [0, 0.05) is 0 Å². The second-order valence-corrected chi connectivity index (χ2v) is 8.00. The molecule has 1 saturated heterocycles. The summed E-state index contributed by atoms with van der Waals surface area (Å²) in [6.45, 7) is 8.06. The molecule has 1 aromatic carbocycles. The van der Waals surface area contributed by atoms with Gasteiger partial charge >= 0.3 is 5.97 Å². The third-order valence-electron chi connectivity index (χ3n) is 4.85. The molecule has 0 aliphatic carbocycles. The van der Waals surface area contributed by atoms with Crippen LogP contribution >= 0.6 is 11.8 Å². The molecule has 0 spiro atoms. The van der Waals surface area contributed by atoms with Crippen molar-refractivity contribution in [3.05, 3.63) is 46.7 Å². The molecule has 5 nitrogen and oxygen atoms in total. The quantitative estimate of drug-likeness (QED) is 0.749. The number of hydrogen-bond donors (Lipinski definition) is 0. The molecule has 3 rings (SSSR count). The highest BCUT2D eigenvalue weighted by Gasteiger charge is 2.47. The van der Waals surface area contributed by atoms with Crippen LogP contribution in [0.2, 0.25) is 0 Å². The van der Waals surface area contributed by atoms with Crippen molar-refractivity contribution in [1.29, 1.82) is 0 Å². The summed E-state index contributed by atoms with van der Waals surface area (Å²) in [7, 11) is 1.36. The Morgan fingerprint density at radius 2 is 1.96 bits per heavy atom. The maximum absolute atomic E-state index is 12.9. The number of allylic oxidation sites excluding steroid dienone is 1. The summed E-state index contributed by atoms with van der Waals surface area (Å²) >= 11 is 1.47. The first kappa shape index (κ1) is 18.7. The van der Waals surface area contributed by atoms with Gasteiger partial charge < -0.3 is 4.74 Å². The van der Waals surface area contributed by atoms with Crippen LogP contribution in [0.5, 0.6) is 0 Å². The number of esters is 1. The number of amidine groups is 1. The molecule has 0 aromatic heterocycles. The van der Waals surface area contributed by atoms with E-state index in [-0.39, 0.29) is 11.2 Å². The second-order valence-electron chi connectivity index (χ2n) is 6.83. The number of carbonyl (C=O) groups is 2. The van der Waals surface area contributed by atoms with Crippen LogP contribution in [0.1, 0.15) is 57.2 Å². The van der Waals surface area contributed by atoms with Crippen molar-refractivity contribution in [2.75, 3.05) is 7.11 Å². The largest absolute Gasteiger partial charge is 0.466 e. The molecule has 0 radical (unpaired) electrons. The average Bonchev–Trinajstić information content (AvgIpc) is 2.95. The monoisotopic (exact) mass is 372 g/mol. The Morgan fingerprint density at radius 3 is 2.50 bits per heavy atom. The molecule has 6 heteroatoms. The Kier molecular flexibility index (Phi) is 5.23. The summed E-state index contributed by atoms with van der Waals surface area (Å²) in [5.41, 5.74) is 3.15. The van der Waals surface area contributed by atoms with E-state index < -0.39 is 12.0 Å². The zero-order valence-corrected chi connectivity index (χ0v) is 16.6. The van der Waals surface area contributed by atoms with Gasteiger partial charge in [0.2, 0.25) is 5.91 Å². The highest BCUT2D eigenvalue weighted by Crippen LogP contribution is 2.44. The van der Waals surface area contributed by atoms with E-state index in [4.69, 9.17) is 4.74 Å². The Bertz CT molecular complexity index is 796. The van der Waals surface area contributed by atoms with Gasteiger partial charge in [-0.15, -0.1) is 0 Å². The number of benzene rings is 1. The summed E-state index contributed by atoms with van der Waals surface area (Å²) in [4.78, 5) is 31.6. The number of hydrogen-bond acceptors (Lipinski definition) is 5. The van der Waals surface area contributed by atoms with Gasteiger partial charge in [0.05, 0.1) is 29.7 Å². The van der Waals surface area contributed by atoms with Gasteiger partial charge in [-0.3, -0.25) is 9.69 Å². The lowest BCUT2D eigenvalue weighted by Gasteiger charge is -2.33. The number of thioether (sulfide) groups is 1. The summed E-state index contributed by atoms with van der Waals surface area (Å²) in [6, 6.07) is 7.61. The van der Waals surface area contributed by atoms with E-state index in [9.17, 15) is 9.59 Å². The fourth-order valence-corrected chi connectivity index (χ4v) is 4.47. The van der Waals surface area contributed by atoms with E-state index in [1.807, 2.05) is 19.1 Å². The van der Waals surface area contributed by atoms with Gasteiger partial charge in [-0.2, -0.15) is 0 Å². The van der Waals surface area contributed by atoms with Crippen LogP contribution in [-0.4, -0.2) is 34.3 Å². The minimum absolute atomic E-state index is 0.00286. The predicted octanol–water partition coefficient (Wildman–Crippen LogP) is 4.02. The van der Waals surface area contributed by atoms with Crippen molar-refractivity contribution in [2.45, 2.75) is 51.3 Å². The van der Waals surface area contributed by atoms with Gasteiger partial charge in [0.15, 0.2) is 5.17 Å². The van der Waals surface area contributed by atoms with Crippen LogP contribution in [-0.2, 0) is 14.3 Å². The first-order chi connectivity index (χ1) is 12.4. The Hall–Kier alpha value is -2.08. The van der Waals surface area contributed by atoms with E-state index in [1.165, 1.54) is 24.4 Å². The van der Waals surface area contributed by atoms with E-state index in [0.717, 1.165) is 12.0 Å². The Morgan fingerprint density at radius 1 is 1.31 bits per heavy atom. The number of amides is 1. The topological polar surface area (TPSA) is 59.0 Å². The van der Waals surface area contributed by atoms with Gasteiger partial charge in [0.25, 0.3) is 0 Å². The normalized spacial score (nSPS) is 22.6. The van der Waals surface area contributed by atoms with E-state index in [1.54, 1.807) is 11.8 Å². The van der Waals surface area contributed by atoms with Crippen LogP contribution in [0.15, 0.2) is 40.5 Å². The van der Waals surface area contributed by atoms with Crippen molar-refractivity contribution in [1.82, 2.24) is 4.90 Å². The molecule has 2 heterocycles. The maximum Gasteiger partial charge on any atom is 0.338 e. The summed E-state index contributed by atoms with van der Waals surface area (Å²) in [5.74, 6) is -0.0256. The van der Waals surface area contributed by atoms with Gasteiger partial charge in [-0.25, -0.2) is 9.79 Å². The molecule has 0 N–H and O–H groups in total. The summed E-state index contributed by atoms with van der Waals surface area (Å²) in [5, 5.41) is 0.515. The van der Waals surface area contributed by atoms with Crippen LogP contribution in [0, 0.1) is 0 Å². The number of aliphatic imine (C=N–C) groups is 1. The number of nitrogens with zero attached hydrogens (tertiary/aromatic N) is 2. The zero-order chi connectivity index (χ0) is 19.0. The SMILES string of the molecule is CC[C@H]1SC2=NC(C)=C(C(=O)OC)[C@@H](c3ccc(C(C)C)cc3)N2C1=O. The zero-order valence-electron chi connectivity index (χ0n) is 15.8. The van der Waals surface area contributed by atoms with Gasteiger partial charge in [0.1, 0.15) is 0 Å². The van der Waals surface area contributed by atoms with Crippen LogP contribution in [0.3, 0.4) is 0 Å². The second kappa shape index (κ2) is 7.27. The average molecular weight is 372 g/mol. The molecule has 0 unspecified atom stereocenters. The molecule has 0 saturated carbocycles. The lowest BCUT2D eigenvalue weighted by atomic mass is 9.92. The molecule has 2 atom stereocenters. The number of fused-ring (bicyclic) bond motifs is 1. The van der Waals surface area contributed by atoms with Gasteiger partial charge in [-0.1, -0.05) is 56.8 Å². The standard InChI is InChI=1S/C20H24N2O3S/c1-6-15-18(23)22-17(14-9-7-13(8-10-14)11(2)3)16(19(24)25-5)12(4)21-20(22)26-15/h7-11,15,17H,6H2,1-5H3/t15-,17-/m1/s1. The summed E-state index contributed by atoms with van der Waals surface area (Å²) in [6.07, 6.45) is 0.727. The fourth-order valence-electron chi connectivity index (χ4n) is 3.34. The molecule has 26 heavy (non-hydrogen) atoms. The summed E-state index contributed by atoms with van der Waals surface area (Å²) < 4.78 is 5.00. The molecule has 0 bridgehead atoms. The fraction of sp³-hybridized carbons (Fsp3) is 0.450. The van der Waals surface area contributed by atoms with Crippen LogP contribution in [0.4, 0.5) is 0 Å². The highest BCUT2D eigenvalue weighted by molar-refractivity contribution is 8.15. The van der Waals surface area contributed by atoms with E-state index >= 15 is 0 Å². The van der Waals surface area contributed by atoms with Crippen LogP contribution < -0.4 is 0 Å². The van der Waals surface area contributed by atoms with E-state index in [0.29, 0.717) is 22.4 Å². The first-order valence-corrected chi connectivity index (χ1v) is 9.74. The Balaban J connectivity index is 2.11. The number of ether oxygens (including phenoxy) is 1. The molecule has 2 aliphatic rings. The molecule has 2 aliphatic heterocycles. The lowest BCUT2D eigenvalue weighted by molar-refractivity contribution is -0.137. The highest BCUT2D eigenvalue weighted by atomic mass is 32.2. The number of carbonyl (C=O) groups excluding carboxylic acids is 2. The maximum atomic E-state index is 12.9. The molecular weight excluding hydrogens is 348 g/mol. The molecule has 1 fully saturated rings. The molecule has 138 valence electrons. The molecule has 1 aromatic rings. The molecular formula is C20H24N2O3S. The third-order valence-corrected chi connectivity index (χ3v) is 6.16. The van der Waals surface area contributed by atoms with Crippen molar-refractivity contribution in [3.63, 3.8) is 0 Å². The minimum atomic E-state index is -0.493. The lowest BCUT2D eigenvalue weighted by Crippen LogP contribution is -2.40. The predicted molar refractivity (Wildman–Crippen MR) is 104 cm³/mol. The third kappa shape index (κ3) is 3.07. The Labute approximate surface area is 158 Å². The number of rotatable bonds is 4. The van der Waals surface area contributed by atoms with Crippen molar-refractivity contribution < 1.29 is 14.3 Å². The first-order valence-electron chi connectivity index (χ1n) is 8.86.